The Kier molecular flexibility index (Phi) is 4.33. The summed E-state index contributed by atoms with van der Waals surface area (Å²) < 4.78 is 1.13. The van der Waals surface area contributed by atoms with Gasteiger partial charge in [0.05, 0.1) is 14.1 Å². The number of aromatic nitrogens is 2. The number of aryl methyl sites for hydroxylation is 1. The highest BCUT2D eigenvalue weighted by Crippen LogP contribution is 2.27. The fourth-order valence-corrected chi connectivity index (χ4v) is 3.02. The van der Waals surface area contributed by atoms with E-state index in [0.29, 0.717) is 0 Å². The molecule has 2 rings (SSSR count). The van der Waals surface area contributed by atoms with Gasteiger partial charge in [-0.1, -0.05) is 19.4 Å². The molecule has 0 radical (unpaired) electrons. The third-order valence-corrected chi connectivity index (χ3v) is 4.38. The maximum Gasteiger partial charge on any atom is 0.171 e. The third-order valence-electron chi connectivity index (χ3n) is 2.39. The van der Waals surface area contributed by atoms with Crippen LogP contribution in [-0.2, 0) is 6.42 Å². The summed E-state index contributed by atoms with van der Waals surface area (Å²) in [4.78, 5) is 10.3. The Hall–Kier alpha value is -0.690. The molecule has 0 unspecified atom stereocenters. The Morgan fingerprint density at radius 3 is 2.82 bits per heavy atom. The van der Waals surface area contributed by atoms with Gasteiger partial charge >= 0.3 is 0 Å². The summed E-state index contributed by atoms with van der Waals surface area (Å²) in [7, 11) is 1.90. The molecule has 0 saturated heterocycles. The van der Waals surface area contributed by atoms with Crippen molar-refractivity contribution in [1.29, 1.82) is 0 Å². The lowest BCUT2D eigenvalue weighted by Crippen LogP contribution is -2.04. The van der Waals surface area contributed by atoms with Crippen LogP contribution < -0.4 is 5.32 Å². The number of nitrogens with one attached hydrogen (secondary N) is 1. The summed E-state index contributed by atoms with van der Waals surface area (Å²) in [5.74, 6) is 1.75. The quantitative estimate of drug-likeness (QED) is 0.844. The predicted octanol–water partition coefficient (Wildman–Crippen LogP) is 3.80. The second-order valence-electron chi connectivity index (χ2n) is 3.63. The maximum atomic E-state index is 4.66. The number of nitrogens with zero attached hydrogens (tertiary/aromatic N) is 2. The lowest BCUT2D eigenvalue weighted by molar-refractivity contribution is 0.868. The zero-order chi connectivity index (χ0) is 12.3. The van der Waals surface area contributed by atoms with Gasteiger partial charge in [0.1, 0.15) is 5.82 Å². The number of thiophene rings is 1. The molecule has 17 heavy (non-hydrogen) atoms. The zero-order valence-corrected chi connectivity index (χ0v) is 12.8. The molecule has 5 heteroatoms. The molecule has 0 bridgehead atoms. The average molecular weight is 359 g/mol. The maximum absolute atomic E-state index is 4.66. The standard InChI is InChI=1S/C12H14IN3S/c1-3-5-8-10(13)12(14-2)16-11(15-8)9-6-4-7-17-9/h4,6-7H,3,5H2,1-2H3,(H,14,15,16). The van der Waals surface area contributed by atoms with E-state index in [9.17, 15) is 0 Å². The van der Waals surface area contributed by atoms with Crippen molar-refractivity contribution in [2.24, 2.45) is 0 Å². The van der Waals surface area contributed by atoms with Gasteiger partial charge in [0, 0.05) is 7.05 Å². The first-order valence-electron chi connectivity index (χ1n) is 5.54. The van der Waals surface area contributed by atoms with Crippen LogP contribution in [0.2, 0.25) is 0 Å². The van der Waals surface area contributed by atoms with Gasteiger partial charge in [-0.05, 0) is 40.5 Å². The number of rotatable bonds is 4. The first-order valence-corrected chi connectivity index (χ1v) is 7.50. The van der Waals surface area contributed by atoms with Crippen molar-refractivity contribution in [3.05, 3.63) is 26.8 Å². The SMILES string of the molecule is CCCc1nc(-c2cccs2)nc(NC)c1I. The van der Waals surface area contributed by atoms with E-state index in [2.05, 4.69) is 56.2 Å². The highest BCUT2D eigenvalue weighted by molar-refractivity contribution is 14.1. The summed E-state index contributed by atoms with van der Waals surface area (Å²) in [6.45, 7) is 2.17. The number of halogens is 1. The van der Waals surface area contributed by atoms with Crippen LogP contribution in [0.1, 0.15) is 19.0 Å². The number of anilines is 1. The summed E-state index contributed by atoms with van der Waals surface area (Å²) in [6, 6.07) is 4.09. The highest BCUT2D eigenvalue weighted by atomic mass is 127. The van der Waals surface area contributed by atoms with E-state index < -0.39 is 0 Å². The molecule has 1 N–H and O–H groups in total. The van der Waals surface area contributed by atoms with E-state index in [4.69, 9.17) is 0 Å². The van der Waals surface area contributed by atoms with Crippen LogP contribution in [0.5, 0.6) is 0 Å². The van der Waals surface area contributed by atoms with Crippen LogP contribution in [0.3, 0.4) is 0 Å². The molecule has 3 nitrogen and oxygen atoms in total. The van der Waals surface area contributed by atoms with Crippen LogP contribution in [0.4, 0.5) is 5.82 Å². The van der Waals surface area contributed by atoms with Crippen LogP contribution in [0.15, 0.2) is 17.5 Å². The molecule has 2 aromatic rings. The third kappa shape index (κ3) is 2.77. The molecule has 2 aromatic heterocycles. The average Bonchev–Trinajstić information content (AvgIpc) is 2.85. The fraction of sp³-hybridized carbons (Fsp3) is 0.333. The minimum Gasteiger partial charge on any atom is -0.372 e. The van der Waals surface area contributed by atoms with Gasteiger partial charge in [0.15, 0.2) is 5.82 Å². The highest BCUT2D eigenvalue weighted by Gasteiger charge is 2.12. The van der Waals surface area contributed by atoms with E-state index in [0.717, 1.165) is 38.6 Å². The largest absolute Gasteiger partial charge is 0.372 e. The summed E-state index contributed by atoms with van der Waals surface area (Å²) >= 11 is 3.99. The van der Waals surface area contributed by atoms with Gasteiger partial charge in [-0.25, -0.2) is 9.97 Å². The van der Waals surface area contributed by atoms with Crippen molar-refractivity contribution in [2.45, 2.75) is 19.8 Å². The molecule has 0 aromatic carbocycles. The Morgan fingerprint density at radius 2 is 2.24 bits per heavy atom. The minimum atomic E-state index is 0.827. The fourth-order valence-electron chi connectivity index (χ4n) is 1.58. The molecule has 0 fully saturated rings. The van der Waals surface area contributed by atoms with Crippen LogP contribution in [0.25, 0.3) is 10.7 Å². The lowest BCUT2D eigenvalue weighted by atomic mass is 10.2. The Balaban J connectivity index is 2.50. The lowest BCUT2D eigenvalue weighted by Gasteiger charge is -2.09. The normalized spacial score (nSPS) is 10.5. The molecule has 0 atom stereocenters. The molecular formula is C12H14IN3S. The van der Waals surface area contributed by atoms with Crippen molar-refractivity contribution in [3.63, 3.8) is 0 Å². The van der Waals surface area contributed by atoms with Crippen molar-refractivity contribution in [2.75, 3.05) is 12.4 Å². The Morgan fingerprint density at radius 1 is 1.41 bits per heavy atom. The molecule has 0 aliphatic heterocycles. The topological polar surface area (TPSA) is 37.8 Å². The van der Waals surface area contributed by atoms with Gasteiger partial charge in [0.2, 0.25) is 0 Å². The van der Waals surface area contributed by atoms with E-state index in [1.807, 2.05) is 13.1 Å². The molecule has 0 aliphatic rings. The number of hydrogen-bond acceptors (Lipinski definition) is 4. The first-order chi connectivity index (χ1) is 8.26. The summed E-state index contributed by atoms with van der Waals surface area (Å²) in [5, 5.41) is 5.19. The molecule has 0 spiro atoms. The first kappa shape index (κ1) is 12.8. The number of hydrogen-bond donors (Lipinski definition) is 1. The Labute approximate surface area is 119 Å². The van der Waals surface area contributed by atoms with Crippen molar-refractivity contribution < 1.29 is 0 Å². The molecule has 0 amide bonds. The van der Waals surface area contributed by atoms with E-state index in [1.54, 1.807) is 11.3 Å². The van der Waals surface area contributed by atoms with Crippen molar-refractivity contribution in [3.8, 4) is 10.7 Å². The van der Waals surface area contributed by atoms with Crippen LogP contribution in [-0.4, -0.2) is 17.0 Å². The monoisotopic (exact) mass is 359 g/mol. The van der Waals surface area contributed by atoms with Gasteiger partial charge in [-0.15, -0.1) is 11.3 Å². The van der Waals surface area contributed by atoms with E-state index in [-0.39, 0.29) is 0 Å². The molecule has 0 aliphatic carbocycles. The predicted molar refractivity (Wildman–Crippen MR) is 81.6 cm³/mol. The molecule has 0 saturated carbocycles. The van der Waals surface area contributed by atoms with Crippen molar-refractivity contribution in [1.82, 2.24) is 9.97 Å². The van der Waals surface area contributed by atoms with E-state index in [1.165, 1.54) is 0 Å². The van der Waals surface area contributed by atoms with Gasteiger partial charge in [-0.2, -0.15) is 0 Å². The minimum absolute atomic E-state index is 0.827. The Bertz CT molecular complexity index is 497. The van der Waals surface area contributed by atoms with E-state index >= 15 is 0 Å². The van der Waals surface area contributed by atoms with Gasteiger partial charge < -0.3 is 5.32 Å². The zero-order valence-electron chi connectivity index (χ0n) is 9.83. The summed E-state index contributed by atoms with van der Waals surface area (Å²) in [6.07, 6.45) is 2.09. The summed E-state index contributed by atoms with van der Waals surface area (Å²) in [5.41, 5.74) is 1.14. The van der Waals surface area contributed by atoms with Crippen LogP contribution in [0, 0.1) is 3.57 Å². The van der Waals surface area contributed by atoms with Crippen molar-refractivity contribution >= 4 is 39.7 Å². The molecular weight excluding hydrogens is 345 g/mol. The second-order valence-corrected chi connectivity index (χ2v) is 5.66. The van der Waals surface area contributed by atoms with Gasteiger partial charge in [-0.3, -0.25) is 0 Å². The smallest absolute Gasteiger partial charge is 0.171 e. The van der Waals surface area contributed by atoms with Crippen LogP contribution >= 0.6 is 33.9 Å². The molecule has 2 heterocycles. The molecule has 90 valence electrons. The van der Waals surface area contributed by atoms with Gasteiger partial charge in [0.25, 0.3) is 0 Å². The second kappa shape index (κ2) is 5.77.